The van der Waals surface area contributed by atoms with Gasteiger partial charge in [-0.3, -0.25) is 0 Å². The molecule has 4 nitrogen and oxygen atoms in total. The van der Waals surface area contributed by atoms with Crippen LogP contribution in [0.1, 0.15) is 5.69 Å². The van der Waals surface area contributed by atoms with E-state index in [0.717, 1.165) is 6.07 Å². The summed E-state index contributed by atoms with van der Waals surface area (Å²) in [4.78, 5) is 3.28. The summed E-state index contributed by atoms with van der Waals surface area (Å²) in [6.07, 6.45) is -4.85. The van der Waals surface area contributed by atoms with E-state index in [1.54, 1.807) is 6.07 Å². The van der Waals surface area contributed by atoms with Crippen LogP contribution >= 0.6 is 15.9 Å². The van der Waals surface area contributed by atoms with Crippen LogP contribution in [0.25, 0.3) is 0 Å². The van der Waals surface area contributed by atoms with E-state index in [1.807, 2.05) is 0 Å². The summed E-state index contributed by atoms with van der Waals surface area (Å²) in [5, 5.41) is 8.52. The maximum atomic E-state index is 11.8. The molecule has 1 heterocycles. The third kappa shape index (κ3) is 2.99. The van der Waals surface area contributed by atoms with Crippen LogP contribution in [0.15, 0.2) is 10.5 Å². The third-order valence-corrected chi connectivity index (χ3v) is 1.97. The molecule has 8 heteroatoms. The fraction of sp³-hybridized carbons (Fsp3) is 0.143. The molecule has 15 heavy (non-hydrogen) atoms. The largest absolute Gasteiger partial charge is 0.574 e. The van der Waals surface area contributed by atoms with Gasteiger partial charge >= 0.3 is 6.36 Å². The summed E-state index contributed by atoms with van der Waals surface area (Å²) in [5.41, 5.74) is 4.99. The molecule has 0 saturated heterocycles. The molecule has 0 unspecified atom stereocenters. The lowest BCUT2D eigenvalue weighted by Gasteiger charge is -2.09. The van der Waals surface area contributed by atoms with Gasteiger partial charge in [-0.25, -0.2) is 4.98 Å². The van der Waals surface area contributed by atoms with Gasteiger partial charge in [0.25, 0.3) is 0 Å². The molecule has 0 radical (unpaired) electrons. The lowest BCUT2D eigenvalue weighted by molar-refractivity contribution is -0.276. The second kappa shape index (κ2) is 3.94. The minimum Gasteiger partial charge on any atom is -0.395 e. The summed E-state index contributed by atoms with van der Waals surface area (Å²) in [6.45, 7) is 0. The van der Waals surface area contributed by atoms with E-state index in [4.69, 9.17) is 11.0 Å². The van der Waals surface area contributed by atoms with Gasteiger partial charge in [-0.05, 0) is 15.9 Å². The minimum absolute atomic E-state index is 0.0352. The van der Waals surface area contributed by atoms with Crippen LogP contribution in [0.3, 0.4) is 0 Å². The Balaban J connectivity index is 3.13. The summed E-state index contributed by atoms with van der Waals surface area (Å²) < 4.78 is 39.1. The molecule has 0 aliphatic heterocycles. The Hall–Kier alpha value is -1.49. The number of hydrogen-bond acceptors (Lipinski definition) is 4. The molecule has 2 N–H and O–H groups in total. The van der Waals surface area contributed by atoms with Crippen molar-refractivity contribution in [1.29, 1.82) is 5.26 Å². The van der Waals surface area contributed by atoms with Gasteiger partial charge < -0.3 is 10.5 Å². The normalized spacial score (nSPS) is 10.9. The molecular formula is C7H3BrF3N3O. The number of anilines is 1. The first-order valence-corrected chi connectivity index (χ1v) is 4.24. The fourth-order valence-electron chi connectivity index (χ4n) is 0.758. The van der Waals surface area contributed by atoms with E-state index in [1.165, 1.54) is 0 Å². The van der Waals surface area contributed by atoms with E-state index in [0.29, 0.717) is 0 Å². The van der Waals surface area contributed by atoms with Crippen LogP contribution in [-0.4, -0.2) is 11.3 Å². The Labute approximate surface area is 90.6 Å². The zero-order chi connectivity index (χ0) is 11.6. The van der Waals surface area contributed by atoms with Crippen molar-refractivity contribution in [3.63, 3.8) is 0 Å². The number of rotatable bonds is 1. The summed E-state index contributed by atoms with van der Waals surface area (Å²) in [7, 11) is 0. The molecule has 0 aromatic carbocycles. The van der Waals surface area contributed by atoms with Crippen molar-refractivity contribution < 1.29 is 17.9 Å². The highest BCUT2D eigenvalue weighted by atomic mass is 79.9. The maximum absolute atomic E-state index is 11.8. The monoisotopic (exact) mass is 281 g/mol. The highest BCUT2D eigenvalue weighted by molar-refractivity contribution is 9.10. The number of hydrogen-bond donors (Lipinski definition) is 1. The molecule has 0 fully saturated rings. The molecule has 80 valence electrons. The molecule has 1 rings (SSSR count). The van der Waals surface area contributed by atoms with Crippen molar-refractivity contribution in [3.05, 3.63) is 16.2 Å². The Morgan fingerprint density at radius 1 is 1.53 bits per heavy atom. The molecule has 0 spiro atoms. The van der Waals surface area contributed by atoms with E-state index < -0.39 is 12.2 Å². The number of nitrogens with zero attached hydrogens (tertiary/aromatic N) is 2. The number of aromatic nitrogens is 1. The van der Waals surface area contributed by atoms with Crippen molar-refractivity contribution in [1.82, 2.24) is 4.98 Å². The smallest absolute Gasteiger partial charge is 0.395 e. The van der Waals surface area contributed by atoms with Crippen LogP contribution in [0, 0.1) is 11.3 Å². The number of ether oxygens (including phenoxy) is 1. The zero-order valence-electron chi connectivity index (χ0n) is 6.97. The number of nitriles is 1. The molecule has 1 aromatic heterocycles. The van der Waals surface area contributed by atoms with Gasteiger partial charge in [0.15, 0.2) is 5.69 Å². The standard InChI is InChI=1S/C7H3BrF3N3O/c8-3-1-5(15-7(9,10)11)14-4(2-12)6(3)13/h1H,13H2. The predicted octanol–water partition coefficient (Wildman–Crippen LogP) is 2.20. The highest BCUT2D eigenvalue weighted by Gasteiger charge is 2.32. The second-order valence-electron chi connectivity index (χ2n) is 2.36. The van der Waals surface area contributed by atoms with Gasteiger partial charge in [0.05, 0.1) is 5.69 Å². The molecular weight excluding hydrogens is 279 g/mol. The van der Waals surface area contributed by atoms with Gasteiger partial charge in [0.1, 0.15) is 6.07 Å². The molecule has 0 aliphatic carbocycles. The van der Waals surface area contributed by atoms with Crippen molar-refractivity contribution in [3.8, 4) is 11.9 Å². The first-order valence-electron chi connectivity index (χ1n) is 3.45. The summed E-state index contributed by atoms with van der Waals surface area (Å²) in [6, 6.07) is 2.48. The van der Waals surface area contributed by atoms with Crippen molar-refractivity contribution in [2.75, 3.05) is 5.73 Å². The van der Waals surface area contributed by atoms with Gasteiger partial charge in [0, 0.05) is 10.5 Å². The average molecular weight is 282 g/mol. The molecule has 0 atom stereocenters. The van der Waals surface area contributed by atoms with E-state index in [2.05, 4.69) is 25.7 Å². The fourth-order valence-corrected chi connectivity index (χ4v) is 1.14. The number of pyridine rings is 1. The first kappa shape index (κ1) is 11.6. The van der Waals surface area contributed by atoms with Crippen molar-refractivity contribution in [2.45, 2.75) is 6.36 Å². The van der Waals surface area contributed by atoms with E-state index in [-0.39, 0.29) is 15.9 Å². The Morgan fingerprint density at radius 3 is 2.60 bits per heavy atom. The van der Waals surface area contributed by atoms with Gasteiger partial charge in [0.2, 0.25) is 5.88 Å². The van der Waals surface area contributed by atoms with Gasteiger partial charge in [-0.15, -0.1) is 13.2 Å². The number of nitrogen functional groups attached to an aromatic ring is 1. The zero-order valence-corrected chi connectivity index (χ0v) is 8.56. The van der Waals surface area contributed by atoms with Crippen LogP contribution < -0.4 is 10.5 Å². The predicted molar refractivity (Wildman–Crippen MR) is 47.7 cm³/mol. The quantitative estimate of drug-likeness (QED) is 0.857. The minimum atomic E-state index is -4.85. The van der Waals surface area contributed by atoms with Gasteiger partial charge in [-0.1, -0.05) is 0 Å². The maximum Gasteiger partial charge on any atom is 0.574 e. The molecule has 0 bridgehead atoms. The topological polar surface area (TPSA) is 71.9 Å². The van der Waals surface area contributed by atoms with E-state index >= 15 is 0 Å². The van der Waals surface area contributed by atoms with Gasteiger partial charge in [-0.2, -0.15) is 5.26 Å². The Kier molecular flexibility index (Phi) is 3.04. The lowest BCUT2D eigenvalue weighted by Crippen LogP contribution is -2.18. The number of nitrogens with two attached hydrogens (primary N) is 1. The van der Waals surface area contributed by atoms with Crippen LogP contribution in [0.4, 0.5) is 18.9 Å². The van der Waals surface area contributed by atoms with E-state index in [9.17, 15) is 13.2 Å². The SMILES string of the molecule is N#Cc1nc(OC(F)(F)F)cc(Br)c1N. The van der Waals surface area contributed by atoms with Crippen LogP contribution in [-0.2, 0) is 0 Å². The lowest BCUT2D eigenvalue weighted by atomic mass is 10.3. The van der Waals surface area contributed by atoms with Crippen molar-refractivity contribution >= 4 is 21.6 Å². The Morgan fingerprint density at radius 2 is 2.13 bits per heavy atom. The van der Waals surface area contributed by atoms with Crippen LogP contribution in [0.5, 0.6) is 5.88 Å². The molecule has 0 saturated carbocycles. The molecule has 1 aromatic rings. The molecule has 0 amide bonds. The number of alkyl halides is 3. The Bertz CT molecular complexity index is 427. The van der Waals surface area contributed by atoms with Crippen LogP contribution in [0.2, 0.25) is 0 Å². The second-order valence-corrected chi connectivity index (χ2v) is 3.22. The summed E-state index contributed by atoms with van der Waals surface area (Å²) in [5.74, 6) is -0.736. The average Bonchev–Trinajstić information content (AvgIpc) is 2.08. The molecule has 0 aliphatic rings. The third-order valence-electron chi connectivity index (χ3n) is 1.31. The first-order chi connectivity index (χ1) is 6.83. The van der Waals surface area contributed by atoms with Crippen molar-refractivity contribution in [2.24, 2.45) is 0 Å². The highest BCUT2D eigenvalue weighted by Crippen LogP contribution is 2.28. The number of halogens is 4. The summed E-state index contributed by atoms with van der Waals surface area (Å²) >= 11 is 2.88.